The van der Waals surface area contributed by atoms with Crippen molar-refractivity contribution in [3.63, 3.8) is 0 Å². The largest absolute Gasteiger partial charge is 0.354 e. The van der Waals surface area contributed by atoms with Crippen molar-refractivity contribution < 1.29 is 0 Å². The Hall–Kier alpha value is -1.40. The van der Waals surface area contributed by atoms with Gasteiger partial charge in [-0.25, -0.2) is 0 Å². The van der Waals surface area contributed by atoms with Gasteiger partial charge < -0.3 is 4.90 Å². The van der Waals surface area contributed by atoms with Crippen molar-refractivity contribution >= 4 is 23.2 Å². The molecule has 0 radical (unpaired) electrons. The van der Waals surface area contributed by atoms with Gasteiger partial charge in [0.2, 0.25) is 0 Å². The lowest BCUT2D eigenvalue weighted by molar-refractivity contribution is 0.230. The van der Waals surface area contributed by atoms with E-state index >= 15 is 0 Å². The minimum absolute atomic E-state index is 0.463. The van der Waals surface area contributed by atoms with Crippen LogP contribution in [0.4, 0.5) is 5.82 Å². The Morgan fingerprint density at radius 2 is 2.00 bits per heavy atom. The zero-order chi connectivity index (χ0) is 14.1. The van der Waals surface area contributed by atoms with Crippen LogP contribution in [-0.2, 0) is 0 Å². The Morgan fingerprint density at radius 1 is 1.25 bits per heavy atom. The topological polar surface area (TPSA) is 49.6 Å². The highest BCUT2D eigenvalue weighted by atomic mass is 35.5. The summed E-state index contributed by atoms with van der Waals surface area (Å²) in [5, 5.41) is 4.69. The molecular weight excluding hydrogens is 276 g/mol. The summed E-state index contributed by atoms with van der Waals surface area (Å²) in [5.41, 5.74) is 0. The van der Waals surface area contributed by atoms with Crippen LogP contribution in [0.3, 0.4) is 0 Å². The Labute approximate surface area is 123 Å². The van der Waals surface area contributed by atoms with Crippen LogP contribution in [0, 0.1) is 5.92 Å². The minimum Gasteiger partial charge on any atom is -0.354 e. The van der Waals surface area contributed by atoms with Gasteiger partial charge in [-0.05, 0) is 5.92 Å². The van der Waals surface area contributed by atoms with E-state index in [2.05, 4.69) is 38.7 Å². The molecule has 0 unspecified atom stereocenters. The summed E-state index contributed by atoms with van der Waals surface area (Å²) >= 11 is 6.07. The maximum Gasteiger partial charge on any atom is 0.255 e. The zero-order valence-corrected chi connectivity index (χ0v) is 12.6. The number of fused-ring (bicyclic) bond motifs is 1. The average molecular weight is 295 g/mol. The maximum atomic E-state index is 6.07. The van der Waals surface area contributed by atoms with Crippen LogP contribution in [-0.4, -0.2) is 57.2 Å². The summed E-state index contributed by atoms with van der Waals surface area (Å²) in [6, 6.07) is 1.86. The number of piperazine rings is 1. The van der Waals surface area contributed by atoms with Crippen LogP contribution in [0.1, 0.15) is 13.8 Å². The molecule has 7 heteroatoms. The van der Waals surface area contributed by atoms with Crippen molar-refractivity contribution in [2.24, 2.45) is 5.92 Å². The molecule has 0 aliphatic carbocycles. The van der Waals surface area contributed by atoms with Gasteiger partial charge in [-0.15, -0.1) is 0 Å². The van der Waals surface area contributed by atoms with Crippen LogP contribution >= 0.6 is 11.6 Å². The van der Waals surface area contributed by atoms with E-state index in [1.807, 2.05) is 6.07 Å². The second-order valence-corrected chi connectivity index (χ2v) is 5.98. The van der Waals surface area contributed by atoms with E-state index in [1.54, 1.807) is 4.52 Å². The molecule has 0 bridgehead atoms. The van der Waals surface area contributed by atoms with Gasteiger partial charge in [0.1, 0.15) is 17.3 Å². The minimum atomic E-state index is 0.463. The van der Waals surface area contributed by atoms with Gasteiger partial charge in [-0.3, -0.25) is 4.90 Å². The van der Waals surface area contributed by atoms with Crippen LogP contribution in [0.5, 0.6) is 0 Å². The van der Waals surface area contributed by atoms with E-state index in [1.165, 1.54) is 6.33 Å². The van der Waals surface area contributed by atoms with E-state index < -0.39 is 0 Å². The lowest BCUT2D eigenvalue weighted by atomic mass is 10.2. The van der Waals surface area contributed by atoms with Crippen LogP contribution in [0.2, 0.25) is 5.15 Å². The van der Waals surface area contributed by atoms with Gasteiger partial charge >= 0.3 is 0 Å². The van der Waals surface area contributed by atoms with Gasteiger partial charge in [-0.2, -0.15) is 19.6 Å². The van der Waals surface area contributed by atoms with Crippen molar-refractivity contribution in [2.45, 2.75) is 13.8 Å². The van der Waals surface area contributed by atoms with Crippen LogP contribution in [0.15, 0.2) is 12.4 Å². The molecule has 1 aliphatic heterocycles. The predicted molar refractivity (Wildman–Crippen MR) is 79.3 cm³/mol. The van der Waals surface area contributed by atoms with Gasteiger partial charge in [0.25, 0.3) is 5.78 Å². The quantitative estimate of drug-likeness (QED) is 0.804. The molecule has 1 aliphatic rings. The third kappa shape index (κ3) is 2.71. The predicted octanol–water partition coefficient (Wildman–Crippen LogP) is 1.56. The summed E-state index contributed by atoms with van der Waals surface area (Å²) < 4.78 is 1.75. The highest BCUT2D eigenvalue weighted by Crippen LogP contribution is 2.20. The van der Waals surface area contributed by atoms with Gasteiger partial charge in [0.15, 0.2) is 0 Å². The van der Waals surface area contributed by atoms with Crippen molar-refractivity contribution in [3.05, 3.63) is 17.5 Å². The van der Waals surface area contributed by atoms with Crippen molar-refractivity contribution in [2.75, 3.05) is 37.6 Å². The Bertz CT molecular complexity index is 588. The fraction of sp³-hybridized carbons (Fsp3) is 0.615. The molecule has 0 amide bonds. The van der Waals surface area contributed by atoms with Gasteiger partial charge in [0, 0.05) is 38.8 Å². The molecule has 0 aromatic carbocycles. The molecule has 2 aromatic rings. The van der Waals surface area contributed by atoms with Gasteiger partial charge in [0.05, 0.1) is 0 Å². The Kier molecular flexibility index (Phi) is 3.76. The fourth-order valence-corrected chi connectivity index (χ4v) is 2.84. The summed E-state index contributed by atoms with van der Waals surface area (Å²) in [7, 11) is 0. The highest BCUT2D eigenvalue weighted by molar-refractivity contribution is 6.29. The molecular formula is C13H19ClN6. The first kappa shape index (κ1) is 13.6. The molecule has 20 heavy (non-hydrogen) atoms. The molecule has 108 valence electrons. The summed E-state index contributed by atoms with van der Waals surface area (Å²) in [6.07, 6.45) is 1.51. The van der Waals surface area contributed by atoms with E-state index in [0.29, 0.717) is 16.8 Å². The molecule has 0 atom stereocenters. The van der Waals surface area contributed by atoms with E-state index in [0.717, 1.165) is 38.5 Å². The second-order valence-electron chi connectivity index (χ2n) is 5.59. The summed E-state index contributed by atoms with van der Waals surface area (Å²) in [6.45, 7) is 9.75. The monoisotopic (exact) mass is 294 g/mol. The maximum absolute atomic E-state index is 6.07. The normalized spacial score (nSPS) is 17.3. The summed E-state index contributed by atoms with van der Waals surface area (Å²) in [5.74, 6) is 2.23. The molecule has 0 spiro atoms. The van der Waals surface area contributed by atoms with E-state index in [9.17, 15) is 0 Å². The number of hydrogen-bond acceptors (Lipinski definition) is 5. The third-order valence-electron chi connectivity index (χ3n) is 3.52. The van der Waals surface area contributed by atoms with Gasteiger partial charge in [-0.1, -0.05) is 25.4 Å². The molecule has 1 saturated heterocycles. The SMILES string of the molecule is CC(C)CN1CCN(c2cc(Cl)nc3ncnn23)CC1. The lowest BCUT2D eigenvalue weighted by Gasteiger charge is -2.36. The van der Waals surface area contributed by atoms with E-state index in [4.69, 9.17) is 11.6 Å². The first-order valence-corrected chi connectivity index (χ1v) is 7.35. The number of hydrogen-bond donors (Lipinski definition) is 0. The highest BCUT2D eigenvalue weighted by Gasteiger charge is 2.20. The molecule has 2 aromatic heterocycles. The fourth-order valence-electron chi connectivity index (χ4n) is 2.67. The standard InChI is InChI=1S/C13H19ClN6/c1-10(2)8-18-3-5-19(6-4-18)12-7-11(14)17-13-15-9-16-20(12)13/h7,9-10H,3-6,8H2,1-2H3. The molecule has 1 fully saturated rings. The molecule has 3 rings (SSSR count). The molecule has 3 heterocycles. The summed E-state index contributed by atoms with van der Waals surface area (Å²) in [4.78, 5) is 13.1. The first-order valence-electron chi connectivity index (χ1n) is 6.97. The van der Waals surface area contributed by atoms with Crippen molar-refractivity contribution in [3.8, 4) is 0 Å². The number of halogens is 1. The lowest BCUT2D eigenvalue weighted by Crippen LogP contribution is -2.48. The number of aromatic nitrogens is 4. The van der Waals surface area contributed by atoms with Crippen molar-refractivity contribution in [1.29, 1.82) is 0 Å². The molecule has 0 N–H and O–H groups in total. The number of nitrogens with zero attached hydrogens (tertiary/aromatic N) is 6. The molecule has 6 nitrogen and oxygen atoms in total. The van der Waals surface area contributed by atoms with Crippen LogP contribution in [0.25, 0.3) is 5.78 Å². The Balaban J connectivity index is 1.78. The number of anilines is 1. The first-order chi connectivity index (χ1) is 9.63. The van der Waals surface area contributed by atoms with Crippen LogP contribution < -0.4 is 4.90 Å². The van der Waals surface area contributed by atoms with E-state index in [-0.39, 0.29) is 0 Å². The van der Waals surface area contributed by atoms with Crippen molar-refractivity contribution in [1.82, 2.24) is 24.5 Å². The smallest absolute Gasteiger partial charge is 0.255 e. The average Bonchev–Trinajstić information content (AvgIpc) is 2.86. The second kappa shape index (κ2) is 5.54. The Morgan fingerprint density at radius 3 is 2.70 bits per heavy atom. The molecule has 0 saturated carbocycles. The third-order valence-corrected chi connectivity index (χ3v) is 3.72. The number of rotatable bonds is 3. The zero-order valence-electron chi connectivity index (χ0n) is 11.8.